The first-order valence-corrected chi connectivity index (χ1v) is 7.57. The van der Waals surface area contributed by atoms with Gasteiger partial charge in [-0.1, -0.05) is 41.1 Å². The highest BCUT2D eigenvalue weighted by Gasteiger charge is 2.13. The average molecular weight is 349 g/mol. The van der Waals surface area contributed by atoms with E-state index in [0.717, 1.165) is 22.1 Å². The van der Waals surface area contributed by atoms with Crippen molar-refractivity contribution >= 4 is 27.3 Å². The monoisotopic (exact) mass is 348 g/mol. The molecule has 0 fully saturated rings. The molecule has 0 amide bonds. The first kappa shape index (κ1) is 15.5. The molecular weight excluding hydrogens is 332 g/mol. The van der Waals surface area contributed by atoms with Gasteiger partial charge in [0.25, 0.3) is 5.69 Å². The molecule has 0 heterocycles. The van der Waals surface area contributed by atoms with Crippen molar-refractivity contribution in [2.75, 3.05) is 5.32 Å². The Morgan fingerprint density at radius 3 is 2.67 bits per heavy atom. The molecule has 2 aromatic carbocycles. The molecule has 0 saturated heterocycles. The van der Waals surface area contributed by atoms with Crippen LogP contribution in [-0.4, -0.2) is 4.92 Å². The van der Waals surface area contributed by atoms with Gasteiger partial charge < -0.3 is 5.32 Å². The Morgan fingerprint density at radius 2 is 2.05 bits per heavy atom. The molecule has 0 radical (unpaired) electrons. The SMILES string of the molecule is CCC(Nc1ccc(C)c(Br)c1)c1cccc([N+](=O)[O-])c1. The van der Waals surface area contributed by atoms with Crippen LogP contribution < -0.4 is 5.32 Å². The number of anilines is 1. The van der Waals surface area contributed by atoms with Gasteiger partial charge in [0.05, 0.1) is 11.0 Å². The summed E-state index contributed by atoms with van der Waals surface area (Å²) in [5.74, 6) is 0. The molecule has 110 valence electrons. The summed E-state index contributed by atoms with van der Waals surface area (Å²) in [5, 5.41) is 14.3. The van der Waals surface area contributed by atoms with E-state index < -0.39 is 0 Å². The topological polar surface area (TPSA) is 55.2 Å². The van der Waals surface area contributed by atoms with Gasteiger partial charge in [-0.25, -0.2) is 0 Å². The number of halogens is 1. The maximum absolute atomic E-state index is 10.9. The summed E-state index contributed by atoms with van der Waals surface area (Å²) < 4.78 is 1.04. The van der Waals surface area contributed by atoms with E-state index in [0.29, 0.717) is 0 Å². The van der Waals surface area contributed by atoms with E-state index in [1.54, 1.807) is 12.1 Å². The van der Waals surface area contributed by atoms with Crippen molar-refractivity contribution in [3.05, 3.63) is 68.2 Å². The second-order valence-corrected chi connectivity index (χ2v) is 5.78. The Labute approximate surface area is 132 Å². The minimum Gasteiger partial charge on any atom is -0.378 e. The summed E-state index contributed by atoms with van der Waals surface area (Å²) >= 11 is 3.52. The molecule has 2 aromatic rings. The van der Waals surface area contributed by atoms with E-state index in [1.807, 2.05) is 31.2 Å². The first-order valence-electron chi connectivity index (χ1n) is 6.78. The van der Waals surface area contributed by atoms with Crippen molar-refractivity contribution in [2.45, 2.75) is 26.3 Å². The summed E-state index contributed by atoms with van der Waals surface area (Å²) in [5.41, 5.74) is 3.20. The van der Waals surface area contributed by atoms with Gasteiger partial charge in [-0.2, -0.15) is 0 Å². The summed E-state index contributed by atoms with van der Waals surface area (Å²) in [6, 6.07) is 12.9. The Bertz CT molecular complexity index is 658. The van der Waals surface area contributed by atoms with Crippen LogP contribution in [0.25, 0.3) is 0 Å². The van der Waals surface area contributed by atoms with Gasteiger partial charge in [-0.3, -0.25) is 10.1 Å². The van der Waals surface area contributed by atoms with Crippen LogP contribution in [0.15, 0.2) is 46.9 Å². The molecule has 1 atom stereocenters. The second kappa shape index (κ2) is 6.72. The van der Waals surface area contributed by atoms with Crippen LogP contribution in [0.1, 0.15) is 30.5 Å². The fourth-order valence-electron chi connectivity index (χ4n) is 2.16. The lowest BCUT2D eigenvalue weighted by molar-refractivity contribution is -0.384. The molecule has 0 aliphatic rings. The van der Waals surface area contributed by atoms with Crippen molar-refractivity contribution in [1.29, 1.82) is 0 Å². The number of nitrogens with one attached hydrogen (secondary N) is 1. The van der Waals surface area contributed by atoms with Crippen LogP contribution >= 0.6 is 15.9 Å². The molecule has 0 aliphatic carbocycles. The molecule has 1 unspecified atom stereocenters. The Morgan fingerprint density at radius 1 is 1.29 bits per heavy atom. The van der Waals surface area contributed by atoms with Gasteiger partial charge in [0, 0.05) is 22.3 Å². The standard InChI is InChI=1S/C16H17BrN2O2/c1-3-16(12-5-4-6-14(9-12)19(20)21)18-13-8-7-11(2)15(17)10-13/h4-10,16,18H,3H2,1-2H3. The number of hydrogen-bond donors (Lipinski definition) is 1. The molecular formula is C16H17BrN2O2. The molecule has 5 heteroatoms. The Balaban J connectivity index is 2.25. The smallest absolute Gasteiger partial charge is 0.269 e. The predicted molar refractivity (Wildman–Crippen MR) is 88.6 cm³/mol. The predicted octanol–water partition coefficient (Wildman–Crippen LogP) is 5.23. The minimum atomic E-state index is -0.362. The van der Waals surface area contributed by atoms with Gasteiger partial charge in [0.15, 0.2) is 0 Å². The van der Waals surface area contributed by atoms with Gasteiger partial charge in [-0.05, 0) is 36.6 Å². The quantitative estimate of drug-likeness (QED) is 0.594. The molecule has 2 rings (SSSR count). The maximum Gasteiger partial charge on any atom is 0.269 e. The van der Waals surface area contributed by atoms with Crippen molar-refractivity contribution in [3.63, 3.8) is 0 Å². The van der Waals surface area contributed by atoms with Crippen LogP contribution in [0.2, 0.25) is 0 Å². The van der Waals surface area contributed by atoms with Crippen molar-refractivity contribution in [3.8, 4) is 0 Å². The highest BCUT2D eigenvalue weighted by atomic mass is 79.9. The number of nitro groups is 1. The fraction of sp³-hybridized carbons (Fsp3) is 0.250. The zero-order chi connectivity index (χ0) is 15.4. The highest BCUT2D eigenvalue weighted by molar-refractivity contribution is 9.10. The zero-order valence-corrected chi connectivity index (χ0v) is 13.6. The number of nitro benzene ring substituents is 1. The van der Waals surface area contributed by atoms with E-state index >= 15 is 0 Å². The van der Waals surface area contributed by atoms with Crippen molar-refractivity contribution < 1.29 is 4.92 Å². The van der Waals surface area contributed by atoms with Crippen LogP contribution in [-0.2, 0) is 0 Å². The molecule has 0 aromatic heterocycles. The second-order valence-electron chi connectivity index (χ2n) is 4.92. The number of nitrogens with zero attached hydrogens (tertiary/aromatic N) is 1. The van der Waals surface area contributed by atoms with Crippen molar-refractivity contribution in [2.24, 2.45) is 0 Å². The molecule has 21 heavy (non-hydrogen) atoms. The number of hydrogen-bond acceptors (Lipinski definition) is 3. The summed E-state index contributed by atoms with van der Waals surface area (Å²) in [4.78, 5) is 10.5. The van der Waals surface area contributed by atoms with E-state index in [2.05, 4.69) is 28.2 Å². The third-order valence-corrected chi connectivity index (χ3v) is 4.26. The van der Waals surface area contributed by atoms with Gasteiger partial charge in [0.2, 0.25) is 0 Å². The number of rotatable bonds is 5. The number of aryl methyl sites for hydroxylation is 1. The third kappa shape index (κ3) is 3.82. The minimum absolute atomic E-state index is 0.0412. The molecule has 0 spiro atoms. The Kier molecular flexibility index (Phi) is 4.96. The van der Waals surface area contributed by atoms with Crippen LogP contribution in [0.5, 0.6) is 0 Å². The van der Waals surface area contributed by atoms with Crippen molar-refractivity contribution in [1.82, 2.24) is 0 Å². The lowest BCUT2D eigenvalue weighted by Crippen LogP contribution is -2.10. The van der Waals surface area contributed by atoms with Crippen LogP contribution in [0.4, 0.5) is 11.4 Å². The normalized spacial score (nSPS) is 12.0. The highest BCUT2D eigenvalue weighted by Crippen LogP contribution is 2.27. The fourth-order valence-corrected chi connectivity index (χ4v) is 2.54. The first-order chi connectivity index (χ1) is 10.0. The summed E-state index contributed by atoms with van der Waals surface area (Å²) in [7, 11) is 0. The van der Waals surface area contributed by atoms with Crippen LogP contribution in [0.3, 0.4) is 0 Å². The van der Waals surface area contributed by atoms with E-state index in [4.69, 9.17) is 0 Å². The number of benzene rings is 2. The lowest BCUT2D eigenvalue weighted by Gasteiger charge is -2.19. The lowest BCUT2D eigenvalue weighted by atomic mass is 10.0. The van der Waals surface area contributed by atoms with E-state index in [-0.39, 0.29) is 16.7 Å². The molecule has 0 bridgehead atoms. The van der Waals surface area contributed by atoms with Gasteiger partial charge in [0.1, 0.15) is 0 Å². The van der Waals surface area contributed by atoms with E-state index in [9.17, 15) is 10.1 Å². The largest absolute Gasteiger partial charge is 0.378 e. The van der Waals surface area contributed by atoms with Crippen LogP contribution in [0, 0.1) is 17.0 Å². The summed E-state index contributed by atoms with van der Waals surface area (Å²) in [6.07, 6.45) is 0.840. The zero-order valence-electron chi connectivity index (χ0n) is 12.0. The maximum atomic E-state index is 10.9. The van der Waals surface area contributed by atoms with Gasteiger partial charge in [-0.15, -0.1) is 0 Å². The van der Waals surface area contributed by atoms with E-state index in [1.165, 1.54) is 11.6 Å². The molecule has 0 aliphatic heterocycles. The van der Waals surface area contributed by atoms with Gasteiger partial charge >= 0.3 is 0 Å². The average Bonchev–Trinajstić information content (AvgIpc) is 2.48. The summed E-state index contributed by atoms with van der Waals surface area (Å²) in [6.45, 7) is 4.09. The third-order valence-electron chi connectivity index (χ3n) is 3.40. The molecule has 4 nitrogen and oxygen atoms in total. The molecule has 1 N–H and O–H groups in total. The number of non-ortho nitro benzene ring substituents is 1. The molecule has 0 saturated carbocycles. The Hall–Kier alpha value is -1.88.